The molecule has 0 atom stereocenters. The minimum absolute atomic E-state index is 0.0113. The van der Waals surface area contributed by atoms with Crippen LogP contribution >= 0.6 is 11.8 Å². The van der Waals surface area contributed by atoms with E-state index in [1.165, 1.54) is 28.9 Å². The van der Waals surface area contributed by atoms with Gasteiger partial charge in [0.05, 0.1) is 12.2 Å². The van der Waals surface area contributed by atoms with Crippen molar-refractivity contribution in [2.24, 2.45) is 16.0 Å². The van der Waals surface area contributed by atoms with Gasteiger partial charge in [-0.25, -0.2) is 4.39 Å². The van der Waals surface area contributed by atoms with Crippen LogP contribution in [0.2, 0.25) is 0 Å². The first kappa shape index (κ1) is 22.7. The van der Waals surface area contributed by atoms with Gasteiger partial charge in [-0.3, -0.25) is 10.2 Å². The van der Waals surface area contributed by atoms with E-state index in [2.05, 4.69) is 10.1 Å². The third-order valence-corrected chi connectivity index (χ3v) is 6.06. The molecule has 7 nitrogen and oxygen atoms in total. The summed E-state index contributed by atoms with van der Waals surface area (Å²) in [4.78, 5) is 16.7. The lowest BCUT2D eigenvalue weighted by Gasteiger charge is -2.20. The van der Waals surface area contributed by atoms with Gasteiger partial charge in [0.15, 0.2) is 17.3 Å². The molecule has 33 heavy (non-hydrogen) atoms. The molecule has 2 heterocycles. The van der Waals surface area contributed by atoms with Gasteiger partial charge in [-0.1, -0.05) is 32.0 Å². The molecule has 4 rings (SSSR count). The number of benzene rings is 2. The van der Waals surface area contributed by atoms with Crippen molar-refractivity contribution in [3.05, 3.63) is 65.0 Å². The summed E-state index contributed by atoms with van der Waals surface area (Å²) in [5, 5.41) is 15.5. The van der Waals surface area contributed by atoms with Crippen molar-refractivity contribution in [2.75, 3.05) is 6.61 Å². The number of carbonyl (C=O) groups excluding carboxylic acids is 1. The largest absolute Gasteiger partial charge is 0.490 e. The Balaban J connectivity index is 1.57. The molecule has 1 N–H and O–H groups in total. The minimum atomic E-state index is -0.478. The molecule has 2 aliphatic heterocycles. The lowest BCUT2D eigenvalue weighted by Crippen LogP contribution is -2.35. The zero-order valence-electron chi connectivity index (χ0n) is 18.5. The molecule has 1 amide bonds. The maximum absolute atomic E-state index is 13.1. The Kier molecular flexibility index (Phi) is 6.60. The molecule has 0 radical (unpaired) electrons. The average Bonchev–Trinajstić information content (AvgIpc) is 3.22. The highest BCUT2D eigenvalue weighted by Crippen LogP contribution is 2.33. The van der Waals surface area contributed by atoms with Crippen molar-refractivity contribution in [3.8, 4) is 11.5 Å². The Morgan fingerprint density at radius 2 is 1.91 bits per heavy atom. The summed E-state index contributed by atoms with van der Waals surface area (Å²) in [6.45, 7) is 6.54. The van der Waals surface area contributed by atoms with Crippen LogP contribution in [0.5, 0.6) is 11.5 Å². The van der Waals surface area contributed by atoms with Crippen LogP contribution in [0.4, 0.5) is 4.39 Å². The van der Waals surface area contributed by atoms with Crippen molar-refractivity contribution in [3.63, 3.8) is 0 Å². The van der Waals surface area contributed by atoms with Gasteiger partial charge in [0.25, 0.3) is 5.91 Å². The van der Waals surface area contributed by atoms with Crippen LogP contribution in [0.15, 0.2) is 58.1 Å². The van der Waals surface area contributed by atoms with Crippen molar-refractivity contribution < 1.29 is 18.7 Å². The number of hydrogen-bond donors (Lipinski definition) is 1. The number of thioether (sulfide) groups is 1. The summed E-state index contributed by atoms with van der Waals surface area (Å²) in [7, 11) is 0. The second-order valence-electron chi connectivity index (χ2n) is 7.67. The zero-order chi connectivity index (χ0) is 23.5. The first-order valence-corrected chi connectivity index (χ1v) is 11.3. The monoisotopic (exact) mass is 466 g/mol. The Morgan fingerprint density at radius 1 is 1.15 bits per heavy atom. The Hall–Kier alpha value is -3.46. The third kappa shape index (κ3) is 4.98. The molecule has 9 heteroatoms. The number of aliphatic imine (C=N–C) groups is 1. The van der Waals surface area contributed by atoms with E-state index in [9.17, 15) is 9.18 Å². The van der Waals surface area contributed by atoms with Gasteiger partial charge < -0.3 is 9.47 Å². The molecule has 0 saturated heterocycles. The molecule has 2 aliphatic rings. The summed E-state index contributed by atoms with van der Waals surface area (Å²) in [5.41, 5.74) is 1.64. The number of ether oxygens (including phenoxy) is 2. The number of hydrogen-bond acceptors (Lipinski definition) is 6. The number of halogens is 1. The number of nitrogens with zero attached hydrogens (tertiary/aromatic N) is 3. The van der Waals surface area contributed by atoms with E-state index in [0.29, 0.717) is 28.8 Å². The average molecular weight is 467 g/mol. The molecule has 2 aromatic rings. The first-order chi connectivity index (χ1) is 15.9. The number of rotatable bonds is 7. The minimum Gasteiger partial charge on any atom is -0.490 e. The topological polar surface area (TPSA) is 87.3 Å². The van der Waals surface area contributed by atoms with Gasteiger partial charge in [-0.2, -0.15) is 15.1 Å². The number of fused-ring (bicyclic) bond motifs is 1. The SMILES string of the molecule is CCOc1cc(C=C2C(=N)N3N=C(C(C)C)SC3=NC2=O)ccc1OCc1ccc(F)cc1. The fourth-order valence-corrected chi connectivity index (χ4v) is 4.04. The summed E-state index contributed by atoms with van der Waals surface area (Å²) in [6, 6.07) is 11.4. The Morgan fingerprint density at radius 3 is 2.61 bits per heavy atom. The predicted molar refractivity (Wildman–Crippen MR) is 128 cm³/mol. The number of amidine groups is 2. The van der Waals surface area contributed by atoms with Crippen LogP contribution in [-0.2, 0) is 11.4 Å². The quantitative estimate of drug-likeness (QED) is 0.575. The normalized spacial score (nSPS) is 16.8. The summed E-state index contributed by atoms with van der Waals surface area (Å²) in [6.07, 6.45) is 1.60. The van der Waals surface area contributed by atoms with Crippen molar-refractivity contribution in [1.82, 2.24) is 5.01 Å². The van der Waals surface area contributed by atoms with Crippen LogP contribution in [-0.4, -0.2) is 33.6 Å². The molecular weight excluding hydrogens is 443 g/mol. The molecule has 0 aromatic heterocycles. The van der Waals surface area contributed by atoms with Gasteiger partial charge in [0, 0.05) is 5.92 Å². The van der Waals surface area contributed by atoms with E-state index in [1.807, 2.05) is 20.8 Å². The van der Waals surface area contributed by atoms with E-state index < -0.39 is 5.91 Å². The van der Waals surface area contributed by atoms with E-state index in [0.717, 1.165) is 10.6 Å². The summed E-state index contributed by atoms with van der Waals surface area (Å²) in [5.74, 6) is 0.413. The third-order valence-electron chi connectivity index (χ3n) is 4.85. The maximum atomic E-state index is 13.1. The van der Waals surface area contributed by atoms with E-state index in [-0.39, 0.29) is 29.8 Å². The molecule has 0 unspecified atom stereocenters. The van der Waals surface area contributed by atoms with Gasteiger partial charge >= 0.3 is 0 Å². The number of nitrogens with one attached hydrogen (secondary N) is 1. The molecule has 0 saturated carbocycles. The van der Waals surface area contributed by atoms with E-state index >= 15 is 0 Å². The summed E-state index contributed by atoms with van der Waals surface area (Å²) >= 11 is 1.31. The molecule has 0 aliphatic carbocycles. The second kappa shape index (κ2) is 9.58. The van der Waals surface area contributed by atoms with Crippen LogP contribution in [0.1, 0.15) is 31.9 Å². The Labute approximate surface area is 195 Å². The Bertz CT molecular complexity index is 1190. The smallest absolute Gasteiger partial charge is 0.283 e. The van der Waals surface area contributed by atoms with Gasteiger partial charge in [0.1, 0.15) is 17.5 Å². The van der Waals surface area contributed by atoms with Crippen LogP contribution in [0, 0.1) is 17.1 Å². The second-order valence-corrected chi connectivity index (χ2v) is 8.65. The highest BCUT2D eigenvalue weighted by Gasteiger charge is 2.36. The predicted octanol–water partition coefficient (Wildman–Crippen LogP) is 5.08. The molecule has 0 spiro atoms. The molecule has 170 valence electrons. The lowest BCUT2D eigenvalue weighted by molar-refractivity contribution is -0.114. The van der Waals surface area contributed by atoms with Crippen molar-refractivity contribution in [2.45, 2.75) is 27.4 Å². The van der Waals surface area contributed by atoms with Gasteiger partial charge in [-0.15, -0.1) is 0 Å². The van der Waals surface area contributed by atoms with Crippen molar-refractivity contribution in [1.29, 1.82) is 5.41 Å². The van der Waals surface area contributed by atoms with Crippen LogP contribution in [0.3, 0.4) is 0 Å². The lowest BCUT2D eigenvalue weighted by atomic mass is 10.1. The number of amides is 1. The number of hydrazone groups is 1. The van der Waals surface area contributed by atoms with Crippen LogP contribution in [0.25, 0.3) is 6.08 Å². The summed E-state index contributed by atoms with van der Waals surface area (Å²) < 4.78 is 24.7. The highest BCUT2D eigenvalue weighted by molar-refractivity contribution is 8.27. The fourth-order valence-electron chi connectivity index (χ4n) is 3.15. The standard InChI is InChI=1S/C24H23FN4O3S/c1-4-31-20-12-16(7-10-19(20)32-13-15-5-8-17(25)9-6-15)11-18-21(26)29-24(27-22(18)30)33-23(28-29)14(2)3/h5-12,14,26H,4,13H2,1-3H3. The highest BCUT2D eigenvalue weighted by atomic mass is 32.2. The molecular formula is C24H23FN4O3S. The van der Waals surface area contributed by atoms with E-state index in [1.54, 1.807) is 36.4 Å². The molecule has 0 fully saturated rings. The van der Waals surface area contributed by atoms with Gasteiger partial charge in [-0.05, 0) is 60.2 Å². The molecule has 0 bridgehead atoms. The first-order valence-electron chi connectivity index (χ1n) is 10.5. The van der Waals surface area contributed by atoms with Gasteiger partial charge in [0.2, 0.25) is 5.17 Å². The number of carbonyl (C=O) groups is 1. The zero-order valence-corrected chi connectivity index (χ0v) is 19.3. The van der Waals surface area contributed by atoms with Crippen LogP contribution < -0.4 is 9.47 Å². The van der Waals surface area contributed by atoms with Crippen molar-refractivity contribution >= 4 is 39.8 Å². The fraction of sp³-hybridized carbons (Fsp3) is 0.250. The van der Waals surface area contributed by atoms with E-state index in [4.69, 9.17) is 14.9 Å². The maximum Gasteiger partial charge on any atom is 0.283 e. The molecule has 2 aromatic carbocycles.